The number of carbonyl (C=O) groups excluding carboxylic acids is 1. The van der Waals surface area contributed by atoms with Crippen LogP contribution in [0.5, 0.6) is 0 Å². The molecular weight excluding hydrogens is 240 g/mol. The zero-order chi connectivity index (χ0) is 13.5. The van der Waals surface area contributed by atoms with Gasteiger partial charge in [-0.05, 0) is 30.9 Å². The molecule has 1 aliphatic rings. The van der Waals surface area contributed by atoms with Crippen molar-refractivity contribution in [3.63, 3.8) is 0 Å². The fraction of sp³-hybridized carbons (Fsp3) is 0.533. The van der Waals surface area contributed by atoms with Gasteiger partial charge in [-0.1, -0.05) is 18.2 Å². The molecule has 0 saturated carbocycles. The van der Waals surface area contributed by atoms with E-state index in [1.54, 1.807) is 7.11 Å². The van der Waals surface area contributed by atoms with E-state index >= 15 is 0 Å². The Bertz CT molecular complexity index is 420. The Hall–Kier alpha value is -1.39. The second-order valence-electron chi connectivity index (χ2n) is 4.80. The number of nitrogens with zero attached hydrogens (tertiary/aromatic N) is 1. The van der Waals surface area contributed by atoms with Crippen LogP contribution in [0.4, 0.5) is 5.69 Å². The Balaban J connectivity index is 2.00. The summed E-state index contributed by atoms with van der Waals surface area (Å²) in [7, 11) is 1.66. The van der Waals surface area contributed by atoms with Gasteiger partial charge in [0.25, 0.3) is 0 Å². The molecule has 1 aliphatic heterocycles. The summed E-state index contributed by atoms with van der Waals surface area (Å²) in [5.41, 5.74) is 2.36. The Kier molecular flexibility index (Phi) is 5.36. The van der Waals surface area contributed by atoms with Gasteiger partial charge < -0.3 is 15.0 Å². The van der Waals surface area contributed by atoms with Gasteiger partial charge in [0, 0.05) is 25.9 Å². The highest BCUT2D eigenvalue weighted by molar-refractivity contribution is 5.95. The van der Waals surface area contributed by atoms with Crippen molar-refractivity contribution in [3.8, 4) is 0 Å². The lowest BCUT2D eigenvalue weighted by Gasteiger charge is -2.23. The van der Waals surface area contributed by atoms with E-state index in [0.717, 1.165) is 31.5 Å². The maximum absolute atomic E-state index is 12.3. The minimum atomic E-state index is 0.144. The molecule has 19 heavy (non-hydrogen) atoms. The number of para-hydroxylation sites is 1. The Morgan fingerprint density at radius 2 is 2.21 bits per heavy atom. The van der Waals surface area contributed by atoms with Crippen LogP contribution < -0.4 is 10.2 Å². The van der Waals surface area contributed by atoms with Gasteiger partial charge >= 0.3 is 0 Å². The van der Waals surface area contributed by atoms with E-state index < -0.39 is 0 Å². The molecule has 0 fully saturated rings. The monoisotopic (exact) mass is 262 g/mol. The molecule has 1 aromatic rings. The van der Waals surface area contributed by atoms with E-state index in [2.05, 4.69) is 11.4 Å². The van der Waals surface area contributed by atoms with Crippen molar-refractivity contribution in [2.45, 2.75) is 19.3 Å². The highest BCUT2D eigenvalue weighted by Crippen LogP contribution is 2.25. The number of amides is 1. The van der Waals surface area contributed by atoms with Crippen molar-refractivity contribution in [2.75, 3.05) is 38.3 Å². The van der Waals surface area contributed by atoms with Gasteiger partial charge in [0.15, 0.2) is 0 Å². The van der Waals surface area contributed by atoms with Gasteiger partial charge in [0.2, 0.25) is 5.91 Å². The minimum absolute atomic E-state index is 0.144. The van der Waals surface area contributed by atoms with Gasteiger partial charge in [-0.3, -0.25) is 4.79 Å². The number of fused-ring (bicyclic) bond motifs is 1. The van der Waals surface area contributed by atoms with Crippen molar-refractivity contribution in [3.05, 3.63) is 29.8 Å². The van der Waals surface area contributed by atoms with Crippen molar-refractivity contribution in [2.24, 2.45) is 0 Å². The standard InChI is InChI=1S/C15H22N2O2/c1-19-11-9-16-12-15(18)17-10-5-4-7-13-6-2-3-8-14(13)17/h2-3,6,8,16H,4-5,7,9-12H2,1H3. The van der Waals surface area contributed by atoms with Crippen LogP contribution >= 0.6 is 0 Å². The molecule has 0 spiro atoms. The predicted molar refractivity (Wildman–Crippen MR) is 76.5 cm³/mol. The highest BCUT2D eigenvalue weighted by Gasteiger charge is 2.20. The Labute approximate surface area is 114 Å². The third-order valence-corrected chi connectivity index (χ3v) is 3.42. The molecule has 0 bridgehead atoms. The number of carbonyl (C=O) groups is 1. The Morgan fingerprint density at radius 3 is 3.05 bits per heavy atom. The third kappa shape index (κ3) is 3.78. The molecule has 2 rings (SSSR count). The van der Waals surface area contributed by atoms with Gasteiger partial charge in [0.05, 0.1) is 13.2 Å². The van der Waals surface area contributed by atoms with Crippen molar-refractivity contribution >= 4 is 11.6 Å². The first kappa shape index (κ1) is 14.0. The first-order valence-electron chi connectivity index (χ1n) is 6.91. The largest absolute Gasteiger partial charge is 0.383 e. The molecule has 4 heteroatoms. The number of anilines is 1. The summed E-state index contributed by atoms with van der Waals surface area (Å²) in [6.45, 7) is 2.53. The van der Waals surface area contributed by atoms with Crippen LogP contribution in [0.25, 0.3) is 0 Å². The van der Waals surface area contributed by atoms with Crippen molar-refractivity contribution in [1.29, 1.82) is 0 Å². The van der Waals surface area contributed by atoms with Crippen LogP contribution in [-0.4, -0.2) is 39.3 Å². The number of aryl methyl sites for hydroxylation is 1. The molecule has 0 saturated heterocycles. The van der Waals surface area contributed by atoms with Gasteiger partial charge in [0.1, 0.15) is 0 Å². The number of nitrogens with one attached hydrogen (secondary N) is 1. The first-order valence-corrected chi connectivity index (χ1v) is 6.91. The van der Waals surface area contributed by atoms with Crippen molar-refractivity contribution < 1.29 is 9.53 Å². The fourth-order valence-corrected chi connectivity index (χ4v) is 2.42. The number of hydrogen-bond acceptors (Lipinski definition) is 3. The van der Waals surface area contributed by atoms with E-state index in [4.69, 9.17) is 4.74 Å². The van der Waals surface area contributed by atoms with E-state index in [1.807, 2.05) is 23.1 Å². The number of ether oxygens (including phenoxy) is 1. The average Bonchev–Trinajstić information content (AvgIpc) is 2.66. The lowest BCUT2D eigenvalue weighted by atomic mass is 10.1. The molecule has 0 radical (unpaired) electrons. The summed E-state index contributed by atoms with van der Waals surface area (Å²) in [4.78, 5) is 14.2. The van der Waals surface area contributed by atoms with E-state index in [9.17, 15) is 4.79 Å². The zero-order valence-corrected chi connectivity index (χ0v) is 11.5. The van der Waals surface area contributed by atoms with Crippen LogP contribution in [0.3, 0.4) is 0 Å². The summed E-state index contributed by atoms with van der Waals surface area (Å²) >= 11 is 0. The second-order valence-corrected chi connectivity index (χ2v) is 4.80. The number of benzene rings is 1. The maximum Gasteiger partial charge on any atom is 0.240 e. The minimum Gasteiger partial charge on any atom is -0.383 e. The molecule has 1 aromatic carbocycles. The van der Waals surface area contributed by atoms with Crippen LogP contribution in [0.2, 0.25) is 0 Å². The van der Waals surface area contributed by atoms with E-state index in [1.165, 1.54) is 5.56 Å². The molecule has 1 heterocycles. The average molecular weight is 262 g/mol. The summed E-state index contributed by atoms with van der Waals surface area (Å²) < 4.78 is 4.96. The highest BCUT2D eigenvalue weighted by atomic mass is 16.5. The van der Waals surface area contributed by atoms with Gasteiger partial charge in [-0.25, -0.2) is 0 Å². The molecule has 1 N–H and O–H groups in total. The second kappa shape index (κ2) is 7.26. The van der Waals surface area contributed by atoms with Crippen LogP contribution in [-0.2, 0) is 16.0 Å². The van der Waals surface area contributed by atoms with Crippen LogP contribution in [0.1, 0.15) is 18.4 Å². The molecule has 0 aromatic heterocycles. The first-order chi connectivity index (χ1) is 9.33. The summed E-state index contributed by atoms with van der Waals surface area (Å²) in [5, 5.41) is 3.12. The number of hydrogen-bond donors (Lipinski definition) is 1. The summed E-state index contributed by atoms with van der Waals surface area (Å²) in [6, 6.07) is 8.22. The maximum atomic E-state index is 12.3. The topological polar surface area (TPSA) is 41.6 Å². The summed E-state index contributed by atoms with van der Waals surface area (Å²) in [5.74, 6) is 0.144. The fourth-order valence-electron chi connectivity index (χ4n) is 2.42. The molecule has 0 atom stereocenters. The number of rotatable bonds is 5. The molecule has 0 aliphatic carbocycles. The lowest BCUT2D eigenvalue weighted by molar-refractivity contribution is -0.117. The molecule has 104 valence electrons. The SMILES string of the molecule is COCCNCC(=O)N1CCCCc2ccccc21. The number of methoxy groups -OCH3 is 1. The summed E-state index contributed by atoms with van der Waals surface area (Å²) in [6.07, 6.45) is 3.29. The van der Waals surface area contributed by atoms with Gasteiger partial charge in [-0.15, -0.1) is 0 Å². The smallest absolute Gasteiger partial charge is 0.240 e. The van der Waals surface area contributed by atoms with Crippen molar-refractivity contribution in [1.82, 2.24) is 5.32 Å². The molecule has 1 amide bonds. The normalized spacial score (nSPS) is 14.9. The van der Waals surface area contributed by atoms with Crippen LogP contribution in [0, 0.1) is 0 Å². The molecule has 0 unspecified atom stereocenters. The van der Waals surface area contributed by atoms with Gasteiger partial charge in [-0.2, -0.15) is 0 Å². The Morgan fingerprint density at radius 1 is 1.37 bits per heavy atom. The third-order valence-electron chi connectivity index (χ3n) is 3.42. The van der Waals surface area contributed by atoms with E-state index in [0.29, 0.717) is 19.7 Å². The van der Waals surface area contributed by atoms with Crippen LogP contribution in [0.15, 0.2) is 24.3 Å². The molecule has 4 nitrogen and oxygen atoms in total. The lowest BCUT2D eigenvalue weighted by Crippen LogP contribution is -2.39. The molecular formula is C15H22N2O2. The predicted octanol–water partition coefficient (Wildman–Crippen LogP) is 1.59. The zero-order valence-electron chi connectivity index (χ0n) is 11.5. The quantitative estimate of drug-likeness (QED) is 0.819. The van der Waals surface area contributed by atoms with E-state index in [-0.39, 0.29) is 5.91 Å².